The van der Waals surface area contributed by atoms with Crippen molar-refractivity contribution in [2.45, 2.75) is 0 Å². The van der Waals surface area contributed by atoms with E-state index in [1.165, 1.54) is 5.39 Å². The molecule has 3 aromatic heterocycles. The summed E-state index contributed by atoms with van der Waals surface area (Å²) in [7, 11) is 0. The Morgan fingerprint density at radius 1 is 0.618 bits per heavy atom. The molecule has 0 saturated carbocycles. The van der Waals surface area contributed by atoms with Crippen molar-refractivity contribution in [3.63, 3.8) is 0 Å². The van der Waals surface area contributed by atoms with Gasteiger partial charge in [0.2, 0.25) is 0 Å². The third-order valence-electron chi connectivity index (χ3n) is 5.75. The number of rotatable bonds is 3. The maximum absolute atomic E-state index is 5.00. The first-order valence-electron chi connectivity index (χ1n) is 10.9. The summed E-state index contributed by atoms with van der Waals surface area (Å²) in [5.41, 5.74) is 3.76. The van der Waals surface area contributed by atoms with Crippen LogP contribution in [0.1, 0.15) is 11.3 Å². The fraction of sp³-hybridized carbons (Fsp3) is 0. The molecule has 0 aliphatic carbocycles. The normalized spacial score (nSPS) is 12.2. The van der Waals surface area contributed by atoms with Gasteiger partial charge in [-0.15, -0.1) is 41.3 Å². The van der Waals surface area contributed by atoms with Crippen molar-refractivity contribution in [1.82, 2.24) is 15.0 Å². The van der Waals surface area contributed by atoms with E-state index in [4.69, 9.17) is 4.98 Å². The van der Waals surface area contributed by atoms with Gasteiger partial charge in [0.25, 0.3) is 0 Å². The first kappa shape index (κ1) is 22.0. The molecule has 0 amide bonds. The summed E-state index contributed by atoms with van der Waals surface area (Å²) in [5.74, 6) is 0. The SMILES string of the molecule is [Pt+2].[c-]1c(/C=c2\[n-]/c(=C\c3nccc4ccccc34)c3ccccc23)cccc1-c1ccccn1. The third-order valence-corrected chi connectivity index (χ3v) is 5.75. The second-order valence-corrected chi connectivity index (χ2v) is 7.87. The first-order valence-corrected chi connectivity index (χ1v) is 10.9. The molecule has 0 fully saturated rings. The molecule has 0 saturated heterocycles. The van der Waals surface area contributed by atoms with E-state index in [0.29, 0.717) is 0 Å². The van der Waals surface area contributed by atoms with Crippen molar-refractivity contribution in [1.29, 1.82) is 0 Å². The van der Waals surface area contributed by atoms with Crippen molar-refractivity contribution < 1.29 is 21.1 Å². The molecule has 3 heterocycles. The van der Waals surface area contributed by atoms with Gasteiger partial charge in [0.1, 0.15) is 0 Å². The van der Waals surface area contributed by atoms with Gasteiger partial charge in [0.05, 0.1) is 5.69 Å². The summed E-state index contributed by atoms with van der Waals surface area (Å²) in [6.07, 6.45) is 7.82. The fourth-order valence-corrected chi connectivity index (χ4v) is 4.18. The van der Waals surface area contributed by atoms with Gasteiger partial charge >= 0.3 is 21.1 Å². The monoisotopic (exact) mass is 616 g/mol. The maximum Gasteiger partial charge on any atom is 2.00 e. The molecule has 6 aromatic rings. The Hall–Kier alpha value is -3.81. The van der Waals surface area contributed by atoms with Gasteiger partial charge in [0, 0.05) is 23.5 Å². The average molecular weight is 617 g/mol. The fourth-order valence-electron chi connectivity index (χ4n) is 4.18. The van der Waals surface area contributed by atoms with Crippen LogP contribution >= 0.6 is 0 Å². The van der Waals surface area contributed by atoms with Gasteiger partial charge < -0.3 is 4.98 Å². The van der Waals surface area contributed by atoms with E-state index >= 15 is 0 Å². The van der Waals surface area contributed by atoms with Gasteiger partial charge in [-0.1, -0.05) is 66.2 Å². The Balaban J connectivity index is 0.00000241. The minimum atomic E-state index is 0. The van der Waals surface area contributed by atoms with Gasteiger partial charge in [-0.3, -0.25) is 9.97 Å². The number of aromatic nitrogens is 3. The van der Waals surface area contributed by atoms with Crippen LogP contribution in [0.15, 0.2) is 103 Å². The zero-order valence-corrected chi connectivity index (χ0v) is 20.4. The topological polar surface area (TPSA) is 39.9 Å². The molecule has 3 nitrogen and oxygen atoms in total. The van der Waals surface area contributed by atoms with E-state index in [2.05, 4.69) is 64.6 Å². The number of benzene rings is 3. The standard InChI is InChI=1S/C30H19N3.Pt/c1-2-11-24-22(9-1)15-17-32-28(24)20-30-26-13-4-3-12-25(26)29(33-30)19-21-8-7-10-23(18-21)27-14-5-6-16-31-27;/h1-17,19-20H;/q-2;+2/b29-19-,30-20-;. The van der Waals surface area contributed by atoms with E-state index in [1.807, 2.05) is 60.8 Å². The van der Waals surface area contributed by atoms with E-state index < -0.39 is 0 Å². The Morgan fingerprint density at radius 2 is 1.35 bits per heavy atom. The van der Waals surface area contributed by atoms with Crippen LogP contribution in [0, 0.1) is 6.07 Å². The Labute approximate surface area is 211 Å². The molecule has 0 unspecified atom stereocenters. The van der Waals surface area contributed by atoms with Crippen molar-refractivity contribution in [2.75, 3.05) is 0 Å². The van der Waals surface area contributed by atoms with E-state index in [0.717, 1.165) is 49.4 Å². The van der Waals surface area contributed by atoms with Crippen LogP contribution in [0.4, 0.5) is 0 Å². The molecule has 0 radical (unpaired) electrons. The zero-order valence-electron chi connectivity index (χ0n) is 18.1. The Kier molecular flexibility index (Phi) is 6.20. The molecule has 164 valence electrons. The summed E-state index contributed by atoms with van der Waals surface area (Å²) in [4.78, 5) is 14.1. The van der Waals surface area contributed by atoms with E-state index in [9.17, 15) is 0 Å². The summed E-state index contributed by atoms with van der Waals surface area (Å²) in [5, 5.41) is 6.35. The van der Waals surface area contributed by atoms with Crippen LogP contribution in [-0.4, -0.2) is 9.97 Å². The van der Waals surface area contributed by atoms with Crippen molar-refractivity contribution in [3.8, 4) is 11.3 Å². The van der Waals surface area contributed by atoms with Crippen molar-refractivity contribution >= 4 is 33.7 Å². The van der Waals surface area contributed by atoms with Gasteiger partial charge in [0.15, 0.2) is 0 Å². The quantitative estimate of drug-likeness (QED) is 0.267. The van der Waals surface area contributed by atoms with E-state index in [-0.39, 0.29) is 21.1 Å². The van der Waals surface area contributed by atoms with Crippen LogP contribution in [0.3, 0.4) is 0 Å². The molecule has 0 N–H and O–H groups in total. The van der Waals surface area contributed by atoms with Crippen molar-refractivity contribution in [2.24, 2.45) is 0 Å². The molecule has 0 bridgehead atoms. The van der Waals surface area contributed by atoms with Crippen LogP contribution in [0.5, 0.6) is 0 Å². The molecule has 0 spiro atoms. The smallest absolute Gasteiger partial charge is 0.663 e. The summed E-state index contributed by atoms with van der Waals surface area (Å²) < 4.78 is 0. The predicted octanol–water partition coefficient (Wildman–Crippen LogP) is 4.86. The second-order valence-electron chi connectivity index (χ2n) is 7.87. The average Bonchev–Trinajstić information content (AvgIpc) is 3.22. The molecule has 0 aliphatic rings. The number of hydrogen-bond acceptors (Lipinski definition) is 2. The molecular formula is C30H19N3Pt. The van der Waals surface area contributed by atoms with Crippen LogP contribution in [0.25, 0.3) is 45.0 Å². The van der Waals surface area contributed by atoms with Crippen LogP contribution in [0.2, 0.25) is 0 Å². The van der Waals surface area contributed by atoms with Gasteiger partial charge in [-0.25, -0.2) is 0 Å². The predicted molar refractivity (Wildman–Crippen MR) is 134 cm³/mol. The minimum absolute atomic E-state index is 0. The molecule has 34 heavy (non-hydrogen) atoms. The maximum atomic E-state index is 5.00. The molecule has 6 rings (SSSR count). The van der Waals surface area contributed by atoms with Crippen LogP contribution < -0.4 is 15.7 Å². The minimum Gasteiger partial charge on any atom is -0.663 e. The van der Waals surface area contributed by atoms with E-state index in [1.54, 1.807) is 6.20 Å². The van der Waals surface area contributed by atoms with Gasteiger partial charge in [-0.2, -0.15) is 5.35 Å². The third kappa shape index (κ3) is 4.23. The molecule has 0 aliphatic heterocycles. The number of pyridine rings is 2. The number of fused-ring (bicyclic) bond motifs is 2. The Morgan fingerprint density at radius 3 is 2.15 bits per heavy atom. The molecule has 0 atom stereocenters. The van der Waals surface area contributed by atoms with Crippen molar-refractivity contribution in [3.05, 3.63) is 131 Å². The zero-order chi connectivity index (χ0) is 22.0. The van der Waals surface area contributed by atoms with Gasteiger partial charge in [-0.05, 0) is 34.4 Å². The number of hydrogen-bond donors (Lipinski definition) is 0. The first-order chi connectivity index (χ1) is 16.3. The summed E-state index contributed by atoms with van der Waals surface area (Å²) in [6.45, 7) is 0. The summed E-state index contributed by atoms with van der Waals surface area (Å²) in [6, 6.07) is 34.2. The molecule has 3 aromatic carbocycles. The molecular weight excluding hydrogens is 597 g/mol. The number of nitrogens with zero attached hydrogens (tertiary/aromatic N) is 3. The second kappa shape index (κ2) is 9.59. The largest absolute Gasteiger partial charge is 2.00 e. The summed E-state index contributed by atoms with van der Waals surface area (Å²) >= 11 is 0. The van der Waals surface area contributed by atoms with Crippen LogP contribution in [-0.2, 0) is 21.1 Å². The Bertz CT molecular complexity index is 1710. The molecule has 4 heteroatoms.